The van der Waals surface area contributed by atoms with Crippen LogP contribution in [-0.4, -0.2) is 24.7 Å². The molecule has 72 valence electrons. The number of nitrogens with zero attached hydrogens (tertiary/aromatic N) is 1. The van der Waals surface area contributed by atoms with Crippen molar-refractivity contribution in [2.24, 2.45) is 0 Å². The van der Waals surface area contributed by atoms with Crippen LogP contribution < -0.4 is 0 Å². The first kappa shape index (κ1) is 11.7. The van der Waals surface area contributed by atoms with E-state index < -0.39 is 0 Å². The van der Waals surface area contributed by atoms with Crippen LogP contribution in [0.5, 0.6) is 0 Å². The van der Waals surface area contributed by atoms with Crippen LogP contribution in [0.2, 0.25) is 0 Å². The molecular formula is C11H18N2. The normalized spacial score (nSPS) is 12.7. The predicted octanol–water partition coefficient (Wildman–Crippen LogP) is 2.60. The van der Waals surface area contributed by atoms with E-state index in [2.05, 4.69) is 11.0 Å². The average molecular weight is 178 g/mol. The third kappa shape index (κ3) is 5.91. The smallest absolute Gasteiger partial charge is 0.0417 e. The highest BCUT2D eigenvalue weighted by Gasteiger charge is 1.93. The minimum Gasteiger partial charge on any atom is -0.376 e. The molecule has 1 N–H and O–H groups in total. The van der Waals surface area contributed by atoms with E-state index in [4.69, 9.17) is 5.41 Å². The molecule has 0 heterocycles. The molecule has 0 saturated heterocycles. The number of allylic oxidation sites excluding steroid dienone is 3. The van der Waals surface area contributed by atoms with Gasteiger partial charge in [0.2, 0.25) is 0 Å². The summed E-state index contributed by atoms with van der Waals surface area (Å²) in [5, 5.41) is 6.87. The van der Waals surface area contributed by atoms with Crippen molar-refractivity contribution in [1.82, 2.24) is 4.90 Å². The van der Waals surface area contributed by atoms with E-state index in [1.54, 1.807) is 6.08 Å². The Labute approximate surface area is 80.8 Å². The number of hydrogen-bond donors (Lipinski definition) is 1. The lowest BCUT2D eigenvalue weighted by atomic mass is 10.2. The van der Waals surface area contributed by atoms with Crippen molar-refractivity contribution in [3.05, 3.63) is 36.1 Å². The zero-order chi connectivity index (χ0) is 10.1. The first-order chi connectivity index (χ1) is 6.24. The first-order valence-electron chi connectivity index (χ1n) is 4.40. The summed E-state index contributed by atoms with van der Waals surface area (Å²) in [5.41, 5.74) is 1.21. The van der Waals surface area contributed by atoms with Gasteiger partial charge in [-0.25, -0.2) is 0 Å². The molecule has 0 bridgehead atoms. The Balaban J connectivity index is 4.14. The lowest BCUT2D eigenvalue weighted by Crippen LogP contribution is -2.13. The number of rotatable bonds is 5. The Hall–Kier alpha value is -1.31. The summed E-state index contributed by atoms with van der Waals surface area (Å²) in [6.45, 7) is 4.89. The molecule has 13 heavy (non-hydrogen) atoms. The van der Waals surface area contributed by atoms with Gasteiger partial charge >= 0.3 is 0 Å². The molecule has 0 aliphatic heterocycles. The van der Waals surface area contributed by atoms with Crippen LogP contribution in [0, 0.1) is 5.41 Å². The highest BCUT2D eigenvalue weighted by Crippen LogP contribution is 1.99. The molecule has 0 radical (unpaired) electrons. The molecule has 0 amide bonds. The quantitative estimate of drug-likeness (QED) is 0.508. The Morgan fingerprint density at radius 2 is 2.08 bits per heavy atom. The Morgan fingerprint density at radius 1 is 1.38 bits per heavy atom. The van der Waals surface area contributed by atoms with Gasteiger partial charge in [0.15, 0.2) is 0 Å². The summed E-state index contributed by atoms with van der Waals surface area (Å²) >= 11 is 0. The average Bonchev–Trinajstić information content (AvgIpc) is 2.12. The summed E-state index contributed by atoms with van der Waals surface area (Å²) in [7, 11) is 2.03. The summed E-state index contributed by atoms with van der Waals surface area (Å²) in [5.74, 6) is 0. The summed E-state index contributed by atoms with van der Waals surface area (Å²) in [6.07, 6.45) is 11.1. The molecule has 0 spiro atoms. The molecule has 0 aromatic carbocycles. The molecule has 0 aliphatic carbocycles. The van der Waals surface area contributed by atoms with Crippen LogP contribution >= 0.6 is 0 Å². The van der Waals surface area contributed by atoms with Crippen molar-refractivity contribution in [3.63, 3.8) is 0 Å². The molecule has 2 nitrogen and oxygen atoms in total. The van der Waals surface area contributed by atoms with Gasteiger partial charge in [-0.1, -0.05) is 18.2 Å². The maximum Gasteiger partial charge on any atom is 0.0417 e. The molecule has 0 fully saturated rings. The van der Waals surface area contributed by atoms with Crippen molar-refractivity contribution < 1.29 is 0 Å². The van der Waals surface area contributed by atoms with Gasteiger partial charge in [0.1, 0.15) is 0 Å². The van der Waals surface area contributed by atoms with E-state index in [1.165, 1.54) is 11.8 Å². The van der Waals surface area contributed by atoms with E-state index in [-0.39, 0.29) is 0 Å². The van der Waals surface area contributed by atoms with Gasteiger partial charge in [-0.15, -0.1) is 0 Å². The molecule has 2 heteroatoms. The lowest BCUT2D eigenvalue weighted by Gasteiger charge is -2.13. The largest absolute Gasteiger partial charge is 0.376 e. The standard InChI is InChI=1S/C11H18N2/c1-4-9-13(3)10-11(5-2)7-6-8-12/h4-9,12H,10H2,1-3H3/b7-6-,9-4-,11-5-,12-8?. The van der Waals surface area contributed by atoms with E-state index in [9.17, 15) is 0 Å². The van der Waals surface area contributed by atoms with E-state index in [0.29, 0.717) is 0 Å². The second kappa shape index (κ2) is 7.35. The summed E-state index contributed by atoms with van der Waals surface area (Å²) in [6, 6.07) is 0. The van der Waals surface area contributed by atoms with E-state index >= 15 is 0 Å². The molecule has 0 aliphatic rings. The third-order valence-corrected chi connectivity index (χ3v) is 1.61. The molecule has 0 saturated carbocycles. The fraction of sp³-hybridized carbons (Fsp3) is 0.364. The molecular weight excluding hydrogens is 160 g/mol. The predicted molar refractivity (Wildman–Crippen MR) is 59.1 cm³/mol. The van der Waals surface area contributed by atoms with Crippen LogP contribution in [0.25, 0.3) is 0 Å². The number of nitrogens with one attached hydrogen (secondary N) is 1. The summed E-state index contributed by atoms with van der Waals surface area (Å²) in [4.78, 5) is 2.10. The zero-order valence-corrected chi connectivity index (χ0v) is 8.62. The van der Waals surface area contributed by atoms with E-state index in [0.717, 1.165) is 6.54 Å². The van der Waals surface area contributed by atoms with Gasteiger partial charge in [-0.3, -0.25) is 0 Å². The van der Waals surface area contributed by atoms with Crippen LogP contribution in [0.3, 0.4) is 0 Å². The molecule has 0 unspecified atom stereocenters. The maximum atomic E-state index is 6.87. The fourth-order valence-electron chi connectivity index (χ4n) is 1.01. The van der Waals surface area contributed by atoms with Crippen molar-refractivity contribution in [2.45, 2.75) is 13.8 Å². The third-order valence-electron chi connectivity index (χ3n) is 1.61. The monoisotopic (exact) mass is 178 g/mol. The number of hydrogen-bond acceptors (Lipinski definition) is 2. The zero-order valence-electron chi connectivity index (χ0n) is 8.62. The Bertz CT molecular complexity index is 224. The Morgan fingerprint density at radius 3 is 2.54 bits per heavy atom. The Kier molecular flexibility index (Phi) is 6.60. The molecule has 0 aromatic heterocycles. The van der Waals surface area contributed by atoms with Gasteiger partial charge in [-0.05, 0) is 31.7 Å². The highest BCUT2D eigenvalue weighted by atomic mass is 15.1. The van der Waals surface area contributed by atoms with Gasteiger partial charge in [0, 0.05) is 19.8 Å². The number of likely N-dealkylation sites (N-methyl/N-ethyl adjacent to an activating group) is 1. The minimum absolute atomic E-state index is 0.880. The first-order valence-corrected chi connectivity index (χ1v) is 4.40. The van der Waals surface area contributed by atoms with E-state index in [1.807, 2.05) is 39.2 Å². The SMILES string of the molecule is C/C=C\N(C)CC(/C=C\C=N)=C\C. The second-order valence-electron chi connectivity index (χ2n) is 2.79. The van der Waals surface area contributed by atoms with Crippen molar-refractivity contribution in [2.75, 3.05) is 13.6 Å². The molecule has 0 atom stereocenters. The van der Waals surface area contributed by atoms with Gasteiger partial charge in [0.25, 0.3) is 0 Å². The summed E-state index contributed by atoms with van der Waals surface area (Å²) < 4.78 is 0. The van der Waals surface area contributed by atoms with Gasteiger partial charge in [0.05, 0.1) is 0 Å². The minimum atomic E-state index is 0.880. The fourth-order valence-corrected chi connectivity index (χ4v) is 1.01. The molecule has 0 aromatic rings. The highest BCUT2D eigenvalue weighted by molar-refractivity contribution is 5.68. The van der Waals surface area contributed by atoms with Crippen LogP contribution in [-0.2, 0) is 0 Å². The topological polar surface area (TPSA) is 27.1 Å². The van der Waals surface area contributed by atoms with Crippen LogP contribution in [0.4, 0.5) is 0 Å². The van der Waals surface area contributed by atoms with Crippen molar-refractivity contribution in [1.29, 1.82) is 5.41 Å². The van der Waals surface area contributed by atoms with Crippen molar-refractivity contribution >= 4 is 6.21 Å². The van der Waals surface area contributed by atoms with Crippen LogP contribution in [0.1, 0.15) is 13.8 Å². The second-order valence-corrected chi connectivity index (χ2v) is 2.79. The van der Waals surface area contributed by atoms with Gasteiger partial charge < -0.3 is 10.3 Å². The molecule has 0 rings (SSSR count). The lowest BCUT2D eigenvalue weighted by molar-refractivity contribution is 0.500. The van der Waals surface area contributed by atoms with Gasteiger partial charge in [-0.2, -0.15) is 0 Å². The maximum absolute atomic E-state index is 6.87. The van der Waals surface area contributed by atoms with Crippen molar-refractivity contribution in [3.8, 4) is 0 Å². The van der Waals surface area contributed by atoms with Crippen LogP contribution in [0.15, 0.2) is 36.1 Å².